The summed E-state index contributed by atoms with van der Waals surface area (Å²) in [5, 5.41) is 15.6. The van der Waals surface area contributed by atoms with Gasteiger partial charge in [0.05, 0.1) is 34.5 Å². The average molecular weight is 730 g/mol. The second kappa shape index (κ2) is 15.0. The van der Waals surface area contributed by atoms with Gasteiger partial charge in [-0.1, -0.05) is 13.8 Å². The summed E-state index contributed by atoms with van der Waals surface area (Å²) in [5.41, 5.74) is -5.12. The Morgan fingerprint density at radius 2 is 1.54 bits per heavy atom. The minimum atomic E-state index is -1.14. The highest BCUT2D eigenvalue weighted by molar-refractivity contribution is 5.83. The lowest BCUT2D eigenvalue weighted by Gasteiger charge is -2.59. The van der Waals surface area contributed by atoms with Crippen molar-refractivity contribution in [2.24, 2.45) is 28.1 Å². The van der Waals surface area contributed by atoms with Gasteiger partial charge in [0.1, 0.15) is 23.9 Å². The number of aliphatic hydroxyl groups is 1. The van der Waals surface area contributed by atoms with Crippen molar-refractivity contribution in [3.8, 4) is 0 Å². The van der Waals surface area contributed by atoms with Crippen molar-refractivity contribution in [2.45, 2.75) is 181 Å². The van der Waals surface area contributed by atoms with Crippen molar-refractivity contribution in [1.82, 2.24) is 14.8 Å². The molecule has 5 fully saturated rings. The number of hydrogen-bond acceptors (Lipinski definition) is 11. The molecule has 12 heteroatoms. The lowest BCUT2D eigenvalue weighted by molar-refractivity contribution is -0.226. The SMILES string of the molecule is CCC(CCC(C)(CCC(C)(CCC(C)(CC)C(=O)OC12CC3CC(CC(O)(C3)C1)C2)C(=O)OC1CCOC1=O)C(=O)OC(C)(C)C)n1cncn1. The van der Waals surface area contributed by atoms with E-state index in [1.807, 2.05) is 53.1 Å². The van der Waals surface area contributed by atoms with E-state index in [1.54, 1.807) is 6.33 Å². The topological polar surface area (TPSA) is 156 Å². The van der Waals surface area contributed by atoms with Gasteiger partial charge in [0.2, 0.25) is 6.10 Å². The van der Waals surface area contributed by atoms with Gasteiger partial charge in [-0.25, -0.2) is 14.5 Å². The summed E-state index contributed by atoms with van der Waals surface area (Å²) in [7, 11) is 0. The number of aromatic nitrogens is 3. The van der Waals surface area contributed by atoms with Crippen molar-refractivity contribution >= 4 is 23.9 Å². The van der Waals surface area contributed by atoms with Crippen molar-refractivity contribution in [3.05, 3.63) is 12.7 Å². The maximum Gasteiger partial charge on any atom is 0.347 e. The molecule has 1 aromatic heterocycles. The fraction of sp³-hybridized carbons (Fsp3) is 0.850. The molecule has 0 spiro atoms. The molecule has 1 N–H and O–H groups in total. The summed E-state index contributed by atoms with van der Waals surface area (Å²) in [6.45, 7) is 15.3. The van der Waals surface area contributed by atoms with E-state index in [0.717, 1.165) is 38.5 Å². The van der Waals surface area contributed by atoms with Crippen LogP contribution in [0.1, 0.15) is 158 Å². The molecule has 4 saturated carbocycles. The van der Waals surface area contributed by atoms with Crippen LogP contribution >= 0.6 is 0 Å². The second-order valence-electron chi connectivity index (χ2n) is 18.6. The van der Waals surface area contributed by atoms with Gasteiger partial charge in [-0.2, -0.15) is 5.10 Å². The first-order valence-corrected chi connectivity index (χ1v) is 19.6. The Balaban J connectivity index is 1.35. The highest BCUT2D eigenvalue weighted by atomic mass is 16.6. The summed E-state index contributed by atoms with van der Waals surface area (Å²) in [6.07, 6.45) is 10.8. The predicted octanol–water partition coefficient (Wildman–Crippen LogP) is 6.83. The zero-order valence-electron chi connectivity index (χ0n) is 32.8. The highest BCUT2D eigenvalue weighted by Crippen LogP contribution is 2.59. The van der Waals surface area contributed by atoms with E-state index in [2.05, 4.69) is 17.0 Å². The van der Waals surface area contributed by atoms with Crippen LogP contribution in [0.15, 0.2) is 12.7 Å². The number of carbonyl (C=O) groups excluding carboxylic acids is 4. The number of nitrogens with zero attached hydrogens (tertiary/aromatic N) is 3. The number of esters is 4. The minimum absolute atomic E-state index is 0.0277. The molecule has 1 saturated heterocycles. The van der Waals surface area contributed by atoms with E-state index in [1.165, 1.54) is 6.33 Å². The molecule has 4 bridgehead atoms. The Kier molecular flexibility index (Phi) is 11.6. The van der Waals surface area contributed by atoms with Gasteiger partial charge in [0, 0.05) is 12.8 Å². The van der Waals surface area contributed by atoms with Crippen molar-refractivity contribution < 1.29 is 43.2 Å². The molecule has 1 aliphatic heterocycles. The quantitative estimate of drug-likeness (QED) is 0.133. The van der Waals surface area contributed by atoms with Crippen LogP contribution in [-0.2, 0) is 38.1 Å². The molecule has 5 aliphatic rings. The third-order valence-electron chi connectivity index (χ3n) is 12.8. The molecule has 7 atom stereocenters. The predicted molar refractivity (Wildman–Crippen MR) is 191 cm³/mol. The van der Waals surface area contributed by atoms with Crippen molar-refractivity contribution in [2.75, 3.05) is 6.61 Å². The van der Waals surface area contributed by atoms with Gasteiger partial charge in [0.25, 0.3) is 0 Å². The summed E-state index contributed by atoms with van der Waals surface area (Å²) >= 11 is 0. The van der Waals surface area contributed by atoms with E-state index < -0.39 is 51.1 Å². The molecule has 4 aliphatic carbocycles. The van der Waals surface area contributed by atoms with Crippen LogP contribution < -0.4 is 0 Å². The van der Waals surface area contributed by atoms with E-state index in [4.69, 9.17) is 18.9 Å². The van der Waals surface area contributed by atoms with Crippen LogP contribution in [0.4, 0.5) is 0 Å². The standard InChI is InChI=1S/C40H63N3O9/c1-9-29(43-26-41-25-42-43)11-13-37(7,34(47)51-35(3,4)5)16-17-38(8,32(45)50-30-12-18-49-31(30)44)15-14-36(6,10-2)33(46)52-40-22-27-19-28(23-40)21-39(48,20-27)24-40/h25-30,48H,9-24H2,1-8H3. The number of rotatable bonds is 17. The Morgan fingerprint density at radius 1 is 0.923 bits per heavy atom. The Morgan fingerprint density at radius 3 is 2.04 bits per heavy atom. The fourth-order valence-corrected chi connectivity index (χ4v) is 9.43. The van der Waals surface area contributed by atoms with Crippen LogP contribution in [0.2, 0.25) is 0 Å². The summed E-state index contributed by atoms with van der Waals surface area (Å²) in [6, 6.07) is 0.0277. The van der Waals surface area contributed by atoms with Crippen LogP contribution in [-0.4, -0.2) is 73.3 Å². The maximum absolute atomic E-state index is 14.2. The molecule has 1 aromatic rings. The first kappa shape index (κ1) is 40.2. The third-order valence-corrected chi connectivity index (χ3v) is 12.8. The van der Waals surface area contributed by atoms with Gasteiger partial charge < -0.3 is 24.1 Å². The number of carbonyl (C=O) groups is 4. The minimum Gasteiger partial charge on any atom is -0.463 e. The molecule has 6 rings (SSSR count). The van der Waals surface area contributed by atoms with E-state index in [-0.39, 0.29) is 43.8 Å². The summed E-state index contributed by atoms with van der Waals surface area (Å²) < 4.78 is 25.1. The van der Waals surface area contributed by atoms with Gasteiger partial charge in [0.15, 0.2) is 0 Å². The van der Waals surface area contributed by atoms with Crippen LogP contribution in [0.3, 0.4) is 0 Å². The van der Waals surface area contributed by atoms with Crippen LogP contribution in [0.5, 0.6) is 0 Å². The van der Waals surface area contributed by atoms with E-state index >= 15 is 0 Å². The van der Waals surface area contributed by atoms with Crippen LogP contribution in [0, 0.1) is 28.1 Å². The number of cyclic esters (lactones) is 1. The molecule has 2 heterocycles. The zero-order chi connectivity index (χ0) is 38.2. The van der Waals surface area contributed by atoms with Gasteiger partial charge in [-0.15, -0.1) is 0 Å². The first-order chi connectivity index (χ1) is 24.2. The largest absolute Gasteiger partial charge is 0.463 e. The average Bonchev–Trinajstić information content (AvgIpc) is 3.73. The lowest BCUT2D eigenvalue weighted by Crippen LogP contribution is -2.61. The summed E-state index contributed by atoms with van der Waals surface area (Å²) in [4.78, 5) is 58.7. The first-order valence-electron chi connectivity index (χ1n) is 19.6. The van der Waals surface area contributed by atoms with E-state index in [9.17, 15) is 24.3 Å². The summed E-state index contributed by atoms with van der Waals surface area (Å²) in [5.74, 6) is -1.01. The normalized spacial score (nSPS) is 30.8. The molecule has 0 aromatic carbocycles. The second-order valence-corrected chi connectivity index (χ2v) is 18.6. The van der Waals surface area contributed by atoms with Crippen molar-refractivity contribution in [3.63, 3.8) is 0 Å². The molecule has 0 amide bonds. The highest BCUT2D eigenvalue weighted by Gasteiger charge is 2.60. The molecule has 12 nitrogen and oxygen atoms in total. The molecule has 292 valence electrons. The Bertz CT molecular complexity index is 1440. The van der Waals surface area contributed by atoms with Crippen LogP contribution in [0.25, 0.3) is 0 Å². The monoisotopic (exact) mass is 729 g/mol. The zero-order valence-corrected chi connectivity index (χ0v) is 32.8. The lowest BCUT2D eigenvalue weighted by atomic mass is 9.52. The third kappa shape index (κ3) is 9.01. The number of ether oxygens (including phenoxy) is 4. The molecule has 0 radical (unpaired) electrons. The van der Waals surface area contributed by atoms with Gasteiger partial charge in [-0.3, -0.25) is 14.4 Å². The van der Waals surface area contributed by atoms with E-state index in [0.29, 0.717) is 50.4 Å². The Hall–Kier alpha value is -3.02. The smallest absolute Gasteiger partial charge is 0.347 e. The fourth-order valence-electron chi connectivity index (χ4n) is 9.43. The molecular formula is C40H63N3O9. The van der Waals surface area contributed by atoms with Gasteiger partial charge in [-0.05, 0) is 137 Å². The number of hydrogen-bond donors (Lipinski definition) is 1. The molecule has 7 unspecified atom stereocenters. The maximum atomic E-state index is 14.2. The van der Waals surface area contributed by atoms with Crippen molar-refractivity contribution in [1.29, 1.82) is 0 Å². The molecule has 52 heavy (non-hydrogen) atoms. The van der Waals surface area contributed by atoms with Gasteiger partial charge >= 0.3 is 23.9 Å². The Labute approximate surface area is 309 Å². The molecular weight excluding hydrogens is 666 g/mol.